The topological polar surface area (TPSA) is 17.1 Å². The molecule has 0 saturated carbocycles. The Bertz CT molecular complexity index is 709. The Morgan fingerprint density at radius 1 is 1.11 bits per heavy atom. The molecule has 19 heavy (non-hydrogen) atoms. The van der Waals surface area contributed by atoms with Gasteiger partial charge in [-0.15, -0.1) is 22.7 Å². The third-order valence-corrected chi connectivity index (χ3v) is 5.66. The van der Waals surface area contributed by atoms with Gasteiger partial charge in [-0.3, -0.25) is 4.79 Å². The van der Waals surface area contributed by atoms with Crippen molar-refractivity contribution < 1.29 is 4.79 Å². The van der Waals surface area contributed by atoms with E-state index in [2.05, 4.69) is 0 Å². The zero-order chi connectivity index (χ0) is 13.4. The van der Waals surface area contributed by atoms with Gasteiger partial charge >= 0.3 is 0 Å². The molecule has 2 heterocycles. The quantitative estimate of drug-likeness (QED) is 0.564. The molecular weight excluding hydrogens is 319 g/mol. The van der Waals surface area contributed by atoms with Crippen molar-refractivity contribution in [2.75, 3.05) is 0 Å². The van der Waals surface area contributed by atoms with Crippen LogP contribution in [0.4, 0.5) is 0 Å². The van der Waals surface area contributed by atoms with Crippen molar-refractivity contribution in [3.63, 3.8) is 0 Å². The number of Topliss-reactive ketones (excluding diaryl/α,β-unsaturated/α-hetero) is 1. The van der Waals surface area contributed by atoms with Gasteiger partial charge in [0.2, 0.25) is 0 Å². The number of fused-ring (bicyclic) bond motifs is 1. The number of carbonyl (C=O) groups is 1. The number of halogens is 2. The number of carbonyl (C=O) groups excluding carboxylic acids is 1. The number of hydrogen-bond donors (Lipinski definition) is 0. The molecule has 1 aromatic carbocycles. The molecule has 5 heteroatoms. The minimum absolute atomic E-state index is 0.0587. The molecule has 0 bridgehead atoms. The van der Waals surface area contributed by atoms with E-state index in [9.17, 15) is 4.79 Å². The van der Waals surface area contributed by atoms with E-state index in [1.807, 2.05) is 17.5 Å². The van der Waals surface area contributed by atoms with E-state index in [-0.39, 0.29) is 12.2 Å². The first-order valence-corrected chi connectivity index (χ1v) is 8.03. The number of benzene rings is 1. The molecule has 0 atom stereocenters. The fourth-order valence-corrected chi connectivity index (χ4v) is 4.43. The van der Waals surface area contributed by atoms with Gasteiger partial charge in [-0.2, -0.15) is 0 Å². The van der Waals surface area contributed by atoms with Gasteiger partial charge in [-0.1, -0.05) is 29.3 Å². The van der Waals surface area contributed by atoms with Gasteiger partial charge in [0.15, 0.2) is 5.78 Å². The zero-order valence-electron chi connectivity index (χ0n) is 9.65. The normalized spacial score (nSPS) is 11.1. The van der Waals surface area contributed by atoms with Crippen molar-refractivity contribution in [1.29, 1.82) is 0 Å². The molecule has 0 amide bonds. The van der Waals surface area contributed by atoms with Crippen LogP contribution in [0.1, 0.15) is 15.2 Å². The summed E-state index contributed by atoms with van der Waals surface area (Å²) in [6.07, 6.45) is 0.242. The second-order valence-electron chi connectivity index (χ2n) is 4.06. The maximum absolute atomic E-state index is 12.3. The largest absolute Gasteiger partial charge is 0.293 e. The van der Waals surface area contributed by atoms with Crippen LogP contribution < -0.4 is 0 Å². The van der Waals surface area contributed by atoms with Crippen molar-refractivity contribution in [2.24, 2.45) is 0 Å². The Morgan fingerprint density at radius 3 is 2.53 bits per heavy atom. The summed E-state index contributed by atoms with van der Waals surface area (Å²) < 4.78 is 2.30. The Labute approximate surface area is 128 Å². The Hall–Kier alpha value is -0.870. The number of rotatable bonds is 3. The van der Waals surface area contributed by atoms with E-state index in [0.717, 1.165) is 14.3 Å². The highest BCUT2D eigenvalue weighted by Crippen LogP contribution is 2.32. The van der Waals surface area contributed by atoms with Crippen molar-refractivity contribution in [1.82, 2.24) is 0 Å². The summed E-state index contributed by atoms with van der Waals surface area (Å²) >= 11 is 15.3. The monoisotopic (exact) mass is 326 g/mol. The summed E-state index contributed by atoms with van der Waals surface area (Å²) in [5.74, 6) is 0.0587. The van der Waals surface area contributed by atoms with E-state index in [0.29, 0.717) is 15.6 Å². The van der Waals surface area contributed by atoms with Crippen LogP contribution in [0.2, 0.25) is 10.0 Å². The highest BCUT2D eigenvalue weighted by Gasteiger charge is 2.15. The maximum atomic E-state index is 12.3. The number of hydrogen-bond acceptors (Lipinski definition) is 3. The van der Waals surface area contributed by atoms with E-state index in [1.54, 1.807) is 29.5 Å². The van der Waals surface area contributed by atoms with Crippen molar-refractivity contribution in [2.45, 2.75) is 6.42 Å². The predicted octanol–water partition coefficient (Wildman–Crippen LogP) is 5.70. The SMILES string of the molecule is O=C(Cc1c(Cl)cccc1Cl)c1cc2sccc2s1. The Kier molecular flexibility index (Phi) is 3.63. The molecule has 2 aromatic heterocycles. The molecule has 1 nitrogen and oxygen atoms in total. The minimum atomic E-state index is 0.0587. The summed E-state index contributed by atoms with van der Waals surface area (Å²) in [6.45, 7) is 0. The van der Waals surface area contributed by atoms with Gasteiger partial charge in [-0.25, -0.2) is 0 Å². The fraction of sp³-hybridized carbons (Fsp3) is 0.0714. The summed E-state index contributed by atoms with van der Waals surface area (Å²) in [7, 11) is 0. The van der Waals surface area contributed by atoms with Gasteiger partial charge in [0.1, 0.15) is 0 Å². The minimum Gasteiger partial charge on any atom is -0.293 e. The highest BCUT2D eigenvalue weighted by molar-refractivity contribution is 7.27. The average Bonchev–Trinajstić information content (AvgIpc) is 2.94. The predicted molar refractivity (Wildman–Crippen MR) is 84.2 cm³/mol. The molecular formula is C14H8Cl2OS2. The first-order valence-electron chi connectivity index (χ1n) is 5.58. The Morgan fingerprint density at radius 2 is 1.84 bits per heavy atom. The van der Waals surface area contributed by atoms with E-state index in [4.69, 9.17) is 23.2 Å². The van der Waals surface area contributed by atoms with Crippen LogP contribution in [0.25, 0.3) is 9.40 Å². The third kappa shape index (κ3) is 2.56. The zero-order valence-corrected chi connectivity index (χ0v) is 12.8. The molecule has 3 rings (SSSR count). The van der Waals surface area contributed by atoms with Crippen LogP contribution in [0.3, 0.4) is 0 Å². The van der Waals surface area contributed by atoms with Crippen LogP contribution in [-0.4, -0.2) is 5.78 Å². The molecule has 0 unspecified atom stereocenters. The van der Waals surface area contributed by atoms with Gasteiger partial charge in [0, 0.05) is 25.9 Å². The number of thiophene rings is 2. The lowest BCUT2D eigenvalue weighted by Gasteiger charge is -2.04. The van der Waals surface area contributed by atoms with E-state index in [1.165, 1.54) is 11.3 Å². The van der Waals surface area contributed by atoms with Crippen molar-refractivity contribution >= 4 is 61.1 Å². The lowest BCUT2D eigenvalue weighted by Crippen LogP contribution is -2.02. The summed E-state index contributed by atoms with van der Waals surface area (Å²) in [4.78, 5) is 13.0. The van der Waals surface area contributed by atoms with Gasteiger partial charge in [0.05, 0.1) is 4.88 Å². The van der Waals surface area contributed by atoms with Crippen LogP contribution in [-0.2, 0) is 6.42 Å². The smallest absolute Gasteiger partial charge is 0.177 e. The van der Waals surface area contributed by atoms with E-state index < -0.39 is 0 Å². The molecule has 0 aliphatic carbocycles. The lowest BCUT2D eigenvalue weighted by atomic mass is 10.1. The summed E-state index contributed by atoms with van der Waals surface area (Å²) in [5, 5.41) is 3.11. The fourth-order valence-electron chi connectivity index (χ4n) is 1.85. The molecule has 0 aliphatic rings. The van der Waals surface area contributed by atoms with Crippen LogP contribution in [0, 0.1) is 0 Å². The second kappa shape index (κ2) is 5.25. The van der Waals surface area contributed by atoms with Crippen LogP contribution >= 0.6 is 45.9 Å². The average molecular weight is 327 g/mol. The molecule has 0 fully saturated rings. The molecule has 0 saturated heterocycles. The van der Waals surface area contributed by atoms with Crippen molar-refractivity contribution in [3.05, 3.63) is 56.2 Å². The lowest BCUT2D eigenvalue weighted by molar-refractivity contribution is 0.0997. The summed E-state index contributed by atoms with van der Waals surface area (Å²) in [5.41, 5.74) is 0.701. The molecule has 0 spiro atoms. The molecule has 0 N–H and O–H groups in total. The van der Waals surface area contributed by atoms with Crippen molar-refractivity contribution in [3.8, 4) is 0 Å². The van der Waals surface area contributed by atoms with Gasteiger partial charge < -0.3 is 0 Å². The van der Waals surface area contributed by atoms with Gasteiger partial charge in [-0.05, 0) is 35.2 Å². The second-order valence-corrected chi connectivity index (χ2v) is 6.91. The standard InChI is InChI=1S/C14H8Cl2OS2/c15-9-2-1-3-10(16)8(9)6-11(17)13-7-14-12(19-13)4-5-18-14/h1-5,7H,6H2. The molecule has 3 aromatic rings. The Balaban J connectivity index is 1.91. The molecule has 0 aliphatic heterocycles. The maximum Gasteiger partial charge on any atom is 0.177 e. The molecule has 0 radical (unpaired) electrons. The molecule has 96 valence electrons. The number of ketones is 1. The first kappa shape index (κ1) is 13.1. The third-order valence-electron chi connectivity index (χ3n) is 2.81. The van der Waals surface area contributed by atoms with Crippen LogP contribution in [0.5, 0.6) is 0 Å². The first-order chi connectivity index (χ1) is 9.15. The highest BCUT2D eigenvalue weighted by atomic mass is 35.5. The van der Waals surface area contributed by atoms with Gasteiger partial charge in [0.25, 0.3) is 0 Å². The van der Waals surface area contributed by atoms with Crippen LogP contribution in [0.15, 0.2) is 35.7 Å². The summed E-state index contributed by atoms with van der Waals surface area (Å²) in [6, 6.07) is 9.26. The van der Waals surface area contributed by atoms with E-state index >= 15 is 0 Å².